The van der Waals surface area contributed by atoms with Crippen molar-refractivity contribution in [2.24, 2.45) is 5.41 Å². The minimum atomic E-state index is -1.72. The number of aliphatic carboxylic acids is 1. The first-order valence-corrected chi connectivity index (χ1v) is 10.5. The number of carbonyl (C=O) groups is 1. The molecule has 1 unspecified atom stereocenters. The summed E-state index contributed by atoms with van der Waals surface area (Å²) in [6.07, 6.45) is 2.67. The Morgan fingerprint density at radius 2 is 2.00 bits per heavy atom. The van der Waals surface area contributed by atoms with Crippen molar-refractivity contribution in [2.75, 3.05) is 7.11 Å². The van der Waals surface area contributed by atoms with E-state index in [9.17, 15) is 20.0 Å². The predicted octanol–water partition coefficient (Wildman–Crippen LogP) is 4.41. The molecule has 0 spiro atoms. The molecular weight excluding hydrogens is 446 g/mol. The summed E-state index contributed by atoms with van der Waals surface area (Å²) in [6.45, 7) is 6.88. The zero-order valence-electron chi connectivity index (χ0n) is 19.0. The quantitative estimate of drug-likeness (QED) is 0.567. The van der Waals surface area contributed by atoms with Gasteiger partial charge in [-0.2, -0.15) is 5.26 Å². The molecule has 2 heterocycles. The number of methoxy groups -OCH3 is 1. The molecule has 172 valence electrons. The molecule has 1 atom stereocenters. The summed E-state index contributed by atoms with van der Waals surface area (Å²) >= 11 is 6.13. The molecule has 0 aliphatic carbocycles. The number of nitriles is 1. The Morgan fingerprint density at radius 3 is 2.52 bits per heavy atom. The lowest BCUT2D eigenvalue weighted by Gasteiger charge is -2.42. The molecule has 0 aliphatic heterocycles. The van der Waals surface area contributed by atoms with Crippen molar-refractivity contribution in [3.8, 4) is 22.9 Å². The molecule has 0 radical (unpaired) electrons. The van der Waals surface area contributed by atoms with Gasteiger partial charge in [-0.1, -0.05) is 32.4 Å². The van der Waals surface area contributed by atoms with Gasteiger partial charge in [-0.25, -0.2) is 9.78 Å². The Balaban J connectivity index is 2.33. The molecule has 0 bridgehead atoms. The first-order chi connectivity index (χ1) is 15.4. The number of carboxylic acid groups (broad SMARTS) is 1. The van der Waals surface area contributed by atoms with Crippen molar-refractivity contribution in [1.82, 2.24) is 9.55 Å². The van der Waals surface area contributed by atoms with Crippen LogP contribution >= 0.6 is 11.6 Å². The Hall–Kier alpha value is -3.57. The lowest BCUT2D eigenvalue weighted by molar-refractivity contribution is -0.154. The topological polar surface area (TPSA) is 118 Å². The molecule has 0 saturated carbocycles. The number of benzene rings is 1. The van der Waals surface area contributed by atoms with E-state index < -0.39 is 22.5 Å². The number of rotatable bonds is 6. The van der Waals surface area contributed by atoms with Gasteiger partial charge in [0.15, 0.2) is 11.4 Å². The Kier molecular flexibility index (Phi) is 6.39. The zero-order chi connectivity index (χ0) is 24.6. The van der Waals surface area contributed by atoms with Gasteiger partial charge in [-0.05, 0) is 23.6 Å². The second kappa shape index (κ2) is 8.75. The van der Waals surface area contributed by atoms with Gasteiger partial charge >= 0.3 is 5.97 Å². The molecule has 9 heteroatoms. The fourth-order valence-electron chi connectivity index (χ4n) is 3.99. The van der Waals surface area contributed by atoms with Crippen LogP contribution in [0.4, 0.5) is 0 Å². The maximum atomic E-state index is 13.4. The zero-order valence-corrected chi connectivity index (χ0v) is 19.7. The first-order valence-electron chi connectivity index (χ1n) is 10.1. The van der Waals surface area contributed by atoms with Crippen LogP contribution in [0.1, 0.15) is 37.9 Å². The summed E-state index contributed by atoms with van der Waals surface area (Å²) in [6, 6.07) is 8.03. The van der Waals surface area contributed by atoms with Crippen LogP contribution in [0.5, 0.6) is 5.75 Å². The standard InChI is InChI=1S/C24H24ClN3O5/c1-14-27-17(13-33-14)10-24(22(30)31,23(2,3)4)28-12-20(32-5)19(9-21(28)29)18-8-16(25)7-6-15(18)11-26/h6-9,12-13H,10H2,1-5H3,(H,30,31). The third kappa shape index (κ3) is 4.24. The van der Waals surface area contributed by atoms with E-state index in [0.29, 0.717) is 33.3 Å². The average molecular weight is 470 g/mol. The first kappa shape index (κ1) is 24.1. The van der Waals surface area contributed by atoms with Crippen molar-refractivity contribution in [3.63, 3.8) is 0 Å². The highest BCUT2D eigenvalue weighted by molar-refractivity contribution is 6.31. The number of nitrogens with zero attached hydrogens (tertiary/aromatic N) is 3. The molecule has 3 rings (SSSR count). The Labute approximate surface area is 196 Å². The fourth-order valence-corrected chi connectivity index (χ4v) is 4.16. The molecule has 0 amide bonds. The summed E-state index contributed by atoms with van der Waals surface area (Å²) in [5.41, 5.74) is -1.76. The molecule has 0 saturated heterocycles. The lowest BCUT2D eigenvalue weighted by atomic mass is 9.70. The van der Waals surface area contributed by atoms with Crippen LogP contribution in [0, 0.1) is 23.7 Å². The Morgan fingerprint density at radius 1 is 1.30 bits per heavy atom. The van der Waals surface area contributed by atoms with Gasteiger partial charge < -0.3 is 14.3 Å². The number of halogens is 1. The highest BCUT2D eigenvalue weighted by atomic mass is 35.5. The molecule has 2 aromatic heterocycles. The summed E-state index contributed by atoms with van der Waals surface area (Å²) < 4.78 is 12.0. The maximum absolute atomic E-state index is 13.4. The monoisotopic (exact) mass is 469 g/mol. The fraction of sp³-hybridized carbons (Fsp3) is 0.333. The normalized spacial score (nSPS) is 13.2. The van der Waals surface area contributed by atoms with Gasteiger partial charge in [-0.3, -0.25) is 9.36 Å². The van der Waals surface area contributed by atoms with Crippen molar-refractivity contribution in [2.45, 2.75) is 39.7 Å². The van der Waals surface area contributed by atoms with E-state index in [1.54, 1.807) is 45.9 Å². The molecule has 8 nitrogen and oxygen atoms in total. The van der Waals surface area contributed by atoms with Gasteiger partial charge in [-0.15, -0.1) is 0 Å². The van der Waals surface area contributed by atoms with Crippen LogP contribution in [-0.4, -0.2) is 27.7 Å². The van der Waals surface area contributed by atoms with Crippen molar-refractivity contribution in [3.05, 3.63) is 69.3 Å². The number of carboxylic acids is 1. The van der Waals surface area contributed by atoms with E-state index in [1.807, 2.05) is 0 Å². The molecule has 1 N–H and O–H groups in total. The second-order valence-corrected chi connectivity index (χ2v) is 9.15. The van der Waals surface area contributed by atoms with Gasteiger partial charge in [0.25, 0.3) is 5.56 Å². The minimum absolute atomic E-state index is 0.0911. The van der Waals surface area contributed by atoms with E-state index in [-0.39, 0.29) is 12.2 Å². The molecule has 0 fully saturated rings. The molecule has 1 aromatic carbocycles. The largest absolute Gasteiger partial charge is 0.495 e. The number of ether oxygens (including phenoxy) is 1. The van der Waals surface area contributed by atoms with Crippen LogP contribution < -0.4 is 10.3 Å². The number of hydrogen-bond acceptors (Lipinski definition) is 6. The van der Waals surface area contributed by atoms with Gasteiger partial charge in [0, 0.05) is 35.6 Å². The third-order valence-corrected chi connectivity index (χ3v) is 5.97. The summed E-state index contributed by atoms with van der Waals surface area (Å²) in [5, 5.41) is 20.4. The van der Waals surface area contributed by atoms with Crippen LogP contribution in [0.15, 0.2) is 45.9 Å². The summed E-state index contributed by atoms with van der Waals surface area (Å²) in [4.78, 5) is 30.5. The number of oxazole rings is 1. The van der Waals surface area contributed by atoms with Crippen LogP contribution in [0.25, 0.3) is 11.1 Å². The second-order valence-electron chi connectivity index (χ2n) is 8.72. The van der Waals surface area contributed by atoms with E-state index >= 15 is 0 Å². The number of hydrogen-bond donors (Lipinski definition) is 1. The average Bonchev–Trinajstić information content (AvgIpc) is 3.15. The van der Waals surface area contributed by atoms with Crippen LogP contribution in [-0.2, 0) is 16.8 Å². The minimum Gasteiger partial charge on any atom is -0.495 e. The van der Waals surface area contributed by atoms with Crippen molar-refractivity contribution >= 4 is 17.6 Å². The smallest absolute Gasteiger partial charge is 0.330 e. The maximum Gasteiger partial charge on any atom is 0.330 e. The molecule has 33 heavy (non-hydrogen) atoms. The summed E-state index contributed by atoms with van der Waals surface area (Å²) in [5.74, 6) is -0.587. The molecule has 3 aromatic rings. The van der Waals surface area contributed by atoms with Gasteiger partial charge in [0.2, 0.25) is 0 Å². The Bertz CT molecular complexity index is 1310. The predicted molar refractivity (Wildman–Crippen MR) is 122 cm³/mol. The highest BCUT2D eigenvalue weighted by Gasteiger charge is 2.52. The SMILES string of the molecule is COc1cn(C(Cc2coc(C)n2)(C(=O)O)C(C)(C)C)c(=O)cc1-c1cc(Cl)ccc1C#N. The molecule has 0 aliphatic rings. The van der Waals surface area contributed by atoms with Crippen LogP contribution in [0.2, 0.25) is 5.02 Å². The van der Waals surface area contributed by atoms with E-state index in [4.69, 9.17) is 20.8 Å². The number of aryl methyl sites for hydroxylation is 1. The van der Waals surface area contributed by atoms with E-state index in [2.05, 4.69) is 11.1 Å². The number of pyridine rings is 1. The van der Waals surface area contributed by atoms with Crippen molar-refractivity contribution in [1.29, 1.82) is 5.26 Å². The van der Waals surface area contributed by atoms with E-state index in [1.165, 1.54) is 25.6 Å². The lowest BCUT2D eigenvalue weighted by Crippen LogP contribution is -2.57. The van der Waals surface area contributed by atoms with E-state index in [0.717, 1.165) is 4.57 Å². The van der Waals surface area contributed by atoms with Crippen molar-refractivity contribution < 1.29 is 19.1 Å². The van der Waals surface area contributed by atoms with Gasteiger partial charge in [0.05, 0.1) is 30.6 Å². The molecular formula is C24H24ClN3O5. The summed E-state index contributed by atoms with van der Waals surface area (Å²) in [7, 11) is 1.41. The van der Waals surface area contributed by atoms with Gasteiger partial charge in [0.1, 0.15) is 12.0 Å². The highest BCUT2D eigenvalue weighted by Crippen LogP contribution is 2.42. The third-order valence-electron chi connectivity index (χ3n) is 5.74. The number of aromatic nitrogens is 2. The van der Waals surface area contributed by atoms with Crippen LogP contribution in [0.3, 0.4) is 0 Å².